The van der Waals surface area contributed by atoms with Crippen molar-refractivity contribution in [3.05, 3.63) is 11.9 Å². The number of hydrogen-bond donors (Lipinski definition) is 1. The van der Waals surface area contributed by atoms with Crippen molar-refractivity contribution in [3.8, 4) is 0 Å². The fourth-order valence-electron chi connectivity index (χ4n) is 1.67. The summed E-state index contributed by atoms with van der Waals surface area (Å²) in [6.07, 6.45) is 0.836. The summed E-state index contributed by atoms with van der Waals surface area (Å²) in [6.45, 7) is 3.26. The summed E-state index contributed by atoms with van der Waals surface area (Å²) in [5, 5.41) is 18.8. The average Bonchev–Trinajstić information content (AvgIpc) is 2.52. The molecular formula is C9H10FO4-. The van der Waals surface area contributed by atoms with Crippen LogP contribution in [-0.4, -0.2) is 17.0 Å². The number of carboxylic acid groups (broad SMARTS) is 2. The van der Waals surface area contributed by atoms with Gasteiger partial charge in [-0.1, -0.05) is 13.8 Å². The summed E-state index contributed by atoms with van der Waals surface area (Å²) in [7, 11) is 0. The maximum Gasteiger partial charge on any atom is 0.364 e. The van der Waals surface area contributed by atoms with E-state index in [-0.39, 0.29) is 0 Å². The lowest BCUT2D eigenvalue weighted by Gasteiger charge is -2.01. The Bertz CT molecular complexity index is 319. The molecular weight excluding hydrogens is 191 g/mol. The molecule has 1 saturated carbocycles. The molecule has 0 aromatic carbocycles. The first kappa shape index (κ1) is 10.7. The lowest BCUT2D eigenvalue weighted by molar-refractivity contribution is -0.309. The van der Waals surface area contributed by atoms with Gasteiger partial charge in [-0.15, -0.1) is 0 Å². The first-order chi connectivity index (χ1) is 6.28. The van der Waals surface area contributed by atoms with Gasteiger partial charge in [0.05, 0.1) is 0 Å². The van der Waals surface area contributed by atoms with Gasteiger partial charge in [-0.05, 0) is 17.4 Å². The largest absolute Gasteiger partial charge is 0.550 e. The number of carbonyl (C=O) groups excluding carboxylic acids is 1. The molecule has 2 atom stereocenters. The maximum absolute atomic E-state index is 12.6. The van der Waals surface area contributed by atoms with E-state index in [0.29, 0.717) is 0 Å². The molecule has 0 heterocycles. The molecule has 4 nitrogen and oxygen atoms in total. The number of carboxylic acids is 2. The average molecular weight is 201 g/mol. The molecule has 14 heavy (non-hydrogen) atoms. The van der Waals surface area contributed by atoms with E-state index in [1.807, 2.05) is 0 Å². The van der Waals surface area contributed by atoms with Gasteiger partial charge >= 0.3 is 5.97 Å². The smallest absolute Gasteiger partial charge is 0.364 e. The van der Waals surface area contributed by atoms with Crippen molar-refractivity contribution in [3.63, 3.8) is 0 Å². The molecule has 5 heteroatoms. The van der Waals surface area contributed by atoms with Crippen molar-refractivity contribution in [2.75, 3.05) is 0 Å². The molecule has 1 fully saturated rings. The molecule has 1 aliphatic rings. The second-order valence-electron chi connectivity index (χ2n) is 3.96. The van der Waals surface area contributed by atoms with E-state index in [0.717, 1.165) is 6.08 Å². The molecule has 0 amide bonds. The summed E-state index contributed by atoms with van der Waals surface area (Å²) < 4.78 is 12.6. The Morgan fingerprint density at radius 1 is 1.50 bits per heavy atom. The second-order valence-corrected chi connectivity index (χ2v) is 3.96. The molecule has 0 aromatic rings. The highest BCUT2D eigenvalue weighted by Gasteiger charge is 2.57. The lowest BCUT2D eigenvalue weighted by atomic mass is 10.1. The van der Waals surface area contributed by atoms with Crippen LogP contribution < -0.4 is 5.11 Å². The highest BCUT2D eigenvalue weighted by Crippen LogP contribution is 2.59. The molecule has 1 aliphatic carbocycles. The predicted octanol–water partition coefficient (Wildman–Crippen LogP) is -0.0535. The number of halogens is 1. The van der Waals surface area contributed by atoms with E-state index in [2.05, 4.69) is 0 Å². The minimum atomic E-state index is -1.68. The topological polar surface area (TPSA) is 77.4 Å². The quantitative estimate of drug-likeness (QED) is 0.649. The van der Waals surface area contributed by atoms with Crippen molar-refractivity contribution in [2.24, 2.45) is 17.3 Å². The van der Waals surface area contributed by atoms with Gasteiger partial charge in [-0.25, -0.2) is 4.79 Å². The van der Waals surface area contributed by atoms with E-state index in [9.17, 15) is 19.1 Å². The van der Waals surface area contributed by atoms with E-state index in [1.165, 1.54) is 0 Å². The molecule has 2 unspecified atom stereocenters. The zero-order valence-electron chi connectivity index (χ0n) is 7.78. The van der Waals surface area contributed by atoms with Crippen LogP contribution >= 0.6 is 0 Å². The first-order valence-electron chi connectivity index (χ1n) is 4.10. The third-order valence-corrected chi connectivity index (χ3v) is 2.69. The van der Waals surface area contributed by atoms with Crippen LogP contribution in [0.4, 0.5) is 4.39 Å². The first-order valence-corrected chi connectivity index (χ1v) is 4.10. The molecule has 0 bridgehead atoms. The zero-order chi connectivity index (χ0) is 11.1. The van der Waals surface area contributed by atoms with Gasteiger partial charge in [0.2, 0.25) is 5.83 Å². The Morgan fingerprint density at radius 2 is 2.00 bits per heavy atom. The summed E-state index contributed by atoms with van der Waals surface area (Å²) in [4.78, 5) is 20.7. The van der Waals surface area contributed by atoms with Gasteiger partial charge in [0.25, 0.3) is 0 Å². The Labute approximate surface area is 80.0 Å². The minimum absolute atomic E-state index is 0.594. The standard InChI is InChI=1S/C9H11FO4/c1-9(2)4(6(9)8(13)14)3-5(10)7(11)12/h3-4,6H,1-2H3,(H,11,12)(H,13,14)/p-1/b5-3-. The second kappa shape index (κ2) is 3.08. The van der Waals surface area contributed by atoms with E-state index >= 15 is 0 Å². The summed E-state index contributed by atoms with van der Waals surface area (Å²) in [5.41, 5.74) is -0.619. The Morgan fingerprint density at radius 3 is 2.29 bits per heavy atom. The maximum atomic E-state index is 12.6. The van der Waals surface area contributed by atoms with Crippen molar-refractivity contribution in [1.82, 2.24) is 0 Å². The van der Waals surface area contributed by atoms with Gasteiger partial charge in [0.1, 0.15) is 0 Å². The van der Waals surface area contributed by atoms with Crippen LogP contribution in [0, 0.1) is 17.3 Å². The van der Waals surface area contributed by atoms with Crippen LogP contribution in [0.15, 0.2) is 11.9 Å². The highest BCUT2D eigenvalue weighted by molar-refractivity contribution is 5.84. The molecule has 0 aliphatic heterocycles. The van der Waals surface area contributed by atoms with Crippen molar-refractivity contribution in [1.29, 1.82) is 0 Å². The predicted molar refractivity (Wildman–Crippen MR) is 42.6 cm³/mol. The van der Waals surface area contributed by atoms with Gasteiger partial charge in [-0.3, -0.25) is 0 Å². The van der Waals surface area contributed by atoms with E-state index in [1.54, 1.807) is 13.8 Å². The fraction of sp³-hybridized carbons (Fsp3) is 0.556. The van der Waals surface area contributed by atoms with Crippen LogP contribution in [0.3, 0.4) is 0 Å². The van der Waals surface area contributed by atoms with E-state index < -0.39 is 35.0 Å². The van der Waals surface area contributed by atoms with Gasteiger partial charge in [-0.2, -0.15) is 4.39 Å². The molecule has 1 rings (SSSR count). The third kappa shape index (κ3) is 1.62. The molecule has 0 radical (unpaired) electrons. The van der Waals surface area contributed by atoms with Crippen LogP contribution in [0.1, 0.15) is 13.8 Å². The Balaban J connectivity index is 2.80. The minimum Gasteiger partial charge on any atom is -0.550 e. The van der Waals surface area contributed by atoms with Crippen LogP contribution in [0.5, 0.6) is 0 Å². The van der Waals surface area contributed by atoms with Crippen LogP contribution in [0.2, 0.25) is 0 Å². The molecule has 0 aromatic heterocycles. The van der Waals surface area contributed by atoms with Crippen LogP contribution in [0.25, 0.3) is 0 Å². The Hall–Kier alpha value is -1.39. The SMILES string of the molecule is CC1(C)C(/C=C(\F)C(=O)O)C1C(=O)[O-]. The third-order valence-electron chi connectivity index (χ3n) is 2.69. The molecule has 78 valence electrons. The number of rotatable bonds is 3. The normalized spacial score (nSPS) is 29.8. The molecule has 0 spiro atoms. The van der Waals surface area contributed by atoms with Crippen molar-refractivity contribution >= 4 is 11.9 Å². The zero-order valence-corrected chi connectivity index (χ0v) is 7.78. The van der Waals surface area contributed by atoms with Gasteiger partial charge < -0.3 is 15.0 Å². The fourth-order valence-corrected chi connectivity index (χ4v) is 1.67. The number of aliphatic carboxylic acids is 2. The van der Waals surface area contributed by atoms with Crippen molar-refractivity contribution < 1.29 is 24.2 Å². The van der Waals surface area contributed by atoms with Crippen molar-refractivity contribution in [2.45, 2.75) is 13.8 Å². The van der Waals surface area contributed by atoms with E-state index in [4.69, 9.17) is 5.11 Å². The Kier molecular flexibility index (Phi) is 2.35. The highest BCUT2D eigenvalue weighted by atomic mass is 19.1. The van der Waals surface area contributed by atoms with Crippen LogP contribution in [-0.2, 0) is 9.59 Å². The molecule has 1 N–H and O–H groups in total. The molecule has 0 saturated heterocycles. The monoisotopic (exact) mass is 201 g/mol. The summed E-state index contributed by atoms with van der Waals surface area (Å²) >= 11 is 0. The number of allylic oxidation sites excluding steroid dienone is 1. The number of carbonyl (C=O) groups is 2. The van der Waals surface area contributed by atoms with Gasteiger partial charge in [0.15, 0.2) is 0 Å². The van der Waals surface area contributed by atoms with Gasteiger partial charge in [0, 0.05) is 11.9 Å². The summed E-state index contributed by atoms with van der Waals surface area (Å²) in [5.74, 6) is -5.65. The number of hydrogen-bond acceptors (Lipinski definition) is 3. The lowest BCUT2D eigenvalue weighted by Crippen LogP contribution is -2.26. The summed E-state index contributed by atoms with van der Waals surface area (Å²) in [6, 6.07) is 0.